The van der Waals surface area contributed by atoms with E-state index in [4.69, 9.17) is 0 Å². The molecule has 2 aromatic rings. The van der Waals surface area contributed by atoms with E-state index in [1.54, 1.807) is 12.1 Å². The molecule has 8 heteroatoms. The number of likely N-dealkylation sites (N-methyl/N-ethyl adjacent to an activating group) is 1. The number of benzene rings is 2. The van der Waals surface area contributed by atoms with Crippen LogP contribution in [0.2, 0.25) is 0 Å². The van der Waals surface area contributed by atoms with Gasteiger partial charge >= 0.3 is 0 Å². The number of hydrogen-bond acceptors (Lipinski definition) is 5. The van der Waals surface area contributed by atoms with Crippen molar-refractivity contribution >= 4 is 33.1 Å². The third kappa shape index (κ3) is 5.67. The van der Waals surface area contributed by atoms with E-state index in [0.717, 1.165) is 16.5 Å². The average Bonchev–Trinajstić information content (AvgIpc) is 2.69. The second-order valence-corrected chi connectivity index (χ2v) is 9.36. The van der Waals surface area contributed by atoms with Crippen LogP contribution in [0.3, 0.4) is 0 Å². The molecule has 1 N–H and O–H groups in total. The number of nitrogens with one attached hydrogen (secondary N) is 1. The molecule has 0 spiro atoms. The summed E-state index contributed by atoms with van der Waals surface area (Å²) in [6, 6.07) is 13.5. The molecule has 0 saturated heterocycles. The molecule has 0 atom stereocenters. The number of nitrogens with zero attached hydrogens (tertiary/aromatic N) is 2. The largest absolute Gasteiger partial charge is 0.369 e. The van der Waals surface area contributed by atoms with E-state index in [2.05, 4.69) is 31.0 Å². The quantitative estimate of drug-likeness (QED) is 0.615. The molecule has 0 aromatic heterocycles. The van der Waals surface area contributed by atoms with Gasteiger partial charge < -0.3 is 10.2 Å². The molecule has 2 aromatic carbocycles. The second-order valence-electron chi connectivity index (χ2n) is 7.32. The highest BCUT2D eigenvalue weighted by Crippen LogP contribution is 2.20. The lowest BCUT2D eigenvalue weighted by Gasteiger charge is -2.27. The van der Waals surface area contributed by atoms with Gasteiger partial charge in [-0.3, -0.25) is 9.59 Å². The zero-order valence-electron chi connectivity index (χ0n) is 18.0. The van der Waals surface area contributed by atoms with Gasteiger partial charge in [0.1, 0.15) is 0 Å². The Morgan fingerprint density at radius 1 is 1.00 bits per heavy atom. The maximum absolute atomic E-state index is 12.7. The van der Waals surface area contributed by atoms with Gasteiger partial charge in [-0.15, -0.1) is 0 Å². The average molecular weight is 432 g/mol. The van der Waals surface area contributed by atoms with Crippen LogP contribution in [0.1, 0.15) is 38.1 Å². The van der Waals surface area contributed by atoms with Gasteiger partial charge in [-0.2, -0.15) is 4.31 Å². The Hall–Kier alpha value is -2.71. The lowest BCUT2D eigenvalue weighted by Crippen LogP contribution is -2.35. The Kier molecular flexibility index (Phi) is 7.75. The number of ketones is 1. The van der Waals surface area contributed by atoms with E-state index in [9.17, 15) is 18.0 Å². The van der Waals surface area contributed by atoms with Crippen LogP contribution in [-0.4, -0.2) is 50.6 Å². The number of sulfonamides is 1. The van der Waals surface area contributed by atoms with E-state index in [-0.39, 0.29) is 17.2 Å². The summed E-state index contributed by atoms with van der Waals surface area (Å²) in [4.78, 5) is 26.0. The Morgan fingerprint density at radius 3 is 2.03 bits per heavy atom. The molecule has 1 amide bonds. The first kappa shape index (κ1) is 23.6. The smallest absolute Gasteiger partial charge is 0.243 e. The molecule has 30 heavy (non-hydrogen) atoms. The van der Waals surface area contributed by atoms with Crippen LogP contribution in [-0.2, 0) is 14.8 Å². The molecule has 7 nitrogen and oxygen atoms in total. The van der Waals surface area contributed by atoms with Gasteiger partial charge in [-0.05, 0) is 64.1 Å². The predicted octanol–water partition coefficient (Wildman–Crippen LogP) is 3.38. The van der Waals surface area contributed by atoms with E-state index in [1.807, 2.05) is 12.1 Å². The highest BCUT2D eigenvalue weighted by Gasteiger charge is 2.23. The number of anilines is 2. The first-order valence-electron chi connectivity index (χ1n) is 9.80. The molecule has 162 valence electrons. The molecule has 0 heterocycles. The minimum absolute atomic E-state index is 0.0282. The number of carbonyl (C=O) groups is 2. The maximum atomic E-state index is 12.7. The summed E-state index contributed by atoms with van der Waals surface area (Å²) in [6.07, 6.45) is 0. The molecular weight excluding hydrogens is 402 g/mol. The van der Waals surface area contributed by atoms with Crippen molar-refractivity contribution in [1.82, 2.24) is 4.31 Å². The molecule has 0 aliphatic carbocycles. The van der Waals surface area contributed by atoms with Gasteiger partial charge in [0.25, 0.3) is 0 Å². The van der Waals surface area contributed by atoms with E-state index in [1.165, 1.54) is 38.2 Å². The number of amides is 1. The number of carbonyl (C=O) groups excluding carboxylic acids is 2. The standard InChI is InChI=1S/C22H29N3O4S/c1-6-25(16(2)3)20-11-9-19(10-12-20)23-22(27)15-24(5)30(28,29)21-13-7-18(8-14-21)17(4)26/h7-14,16H,6,15H2,1-5H3,(H,23,27). The van der Waals surface area contributed by atoms with Crippen LogP contribution in [0.15, 0.2) is 53.4 Å². The number of Topliss-reactive ketones (excluding diaryl/α,β-unsaturated/α-hetero) is 1. The van der Waals surface area contributed by atoms with Crippen molar-refractivity contribution in [2.75, 3.05) is 30.4 Å². The highest BCUT2D eigenvalue weighted by molar-refractivity contribution is 7.89. The Balaban J connectivity index is 2.03. The van der Waals surface area contributed by atoms with Crippen LogP contribution in [0.25, 0.3) is 0 Å². The SMILES string of the molecule is CCN(c1ccc(NC(=O)CN(C)S(=O)(=O)c2ccc(C(C)=O)cc2)cc1)C(C)C. The fraction of sp³-hybridized carbons (Fsp3) is 0.364. The van der Waals surface area contributed by atoms with E-state index < -0.39 is 15.9 Å². The molecular formula is C22H29N3O4S. The molecule has 0 aliphatic heterocycles. The summed E-state index contributed by atoms with van der Waals surface area (Å²) >= 11 is 0. The molecule has 0 bridgehead atoms. The zero-order valence-corrected chi connectivity index (χ0v) is 18.9. The van der Waals surface area contributed by atoms with Crippen molar-refractivity contribution < 1.29 is 18.0 Å². The minimum Gasteiger partial charge on any atom is -0.369 e. The monoisotopic (exact) mass is 431 g/mol. The first-order valence-corrected chi connectivity index (χ1v) is 11.2. The van der Waals surface area contributed by atoms with Crippen molar-refractivity contribution in [3.63, 3.8) is 0 Å². The number of hydrogen-bond donors (Lipinski definition) is 1. The second kappa shape index (κ2) is 9.86. The molecule has 0 saturated carbocycles. The summed E-state index contributed by atoms with van der Waals surface area (Å²) in [5, 5.41) is 2.73. The van der Waals surface area contributed by atoms with Crippen LogP contribution < -0.4 is 10.2 Å². The van der Waals surface area contributed by atoms with E-state index >= 15 is 0 Å². The third-order valence-corrected chi connectivity index (χ3v) is 6.60. The first-order chi connectivity index (χ1) is 14.1. The summed E-state index contributed by atoms with van der Waals surface area (Å²) in [5.41, 5.74) is 2.08. The van der Waals surface area contributed by atoms with Crippen LogP contribution >= 0.6 is 0 Å². The fourth-order valence-electron chi connectivity index (χ4n) is 3.11. The lowest BCUT2D eigenvalue weighted by molar-refractivity contribution is -0.116. The van der Waals surface area contributed by atoms with Crippen molar-refractivity contribution in [3.8, 4) is 0 Å². The maximum Gasteiger partial charge on any atom is 0.243 e. The third-order valence-electron chi connectivity index (χ3n) is 4.78. The van der Waals surface area contributed by atoms with Crippen LogP contribution in [0.4, 0.5) is 11.4 Å². The van der Waals surface area contributed by atoms with Gasteiger partial charge in [-0.25, -0.2) is 8.42 Å². The Bertz CT molecular complexity index is 984. The molecule has 0 fully saturated rings. The molecule has 0 radical (unpaired) electrons. The van der Waals surface area contributed by atoms with Crippen molar-refractivity contribution in [3.05, 3.63) is 54.1 Å². The predicted molar refractivity (Wildman–Crippen MR) is 119 cm³/mol. The summed E-state index contributed by atoms with van der Waals surface area (Å²) in [6.45, 7) is 8.27. The molecule has 0 aliphatic rings. The van der Waals surface area contributed by atoms with Gasteiger partial charge in [0.15, 0.2) is 5.78 Å². The van der Waals surface area contributed by atoms with Gasteiger partial charge in [-0.1, -0.05) is 12.1 Å². The zero-order chi connectivity index (χ0) is 22.5. The summed E-state index contributed by atoms with van der Waals surface area (Å²) in [5.74, 6) is -0.585. The lowest BCUT2D eigenvalue weighted by atomic mass is 10.2. The topological polar surface area (TPSA) is 86.8 Å². The molecule has 2 rings (SSSR count). The van der Waals surface area contributed by atoms with Gasteiger partial charge in [0.2, 0.25) is 15.9 Å². The van der Waals surface area contributed by atoms with Crippen molar-refractivity contribution in [2.24, 2.45) is 0 Å². The van der Waals surface area contributed by atoms with Crippen LogP contribution in [0, 0.1) is 0 Å². The Labute approximate surface area is 178 Å². The van der Waals surface area contributed by atoms with Gasteiger partial charge in [0, 0.05) is 36.6 Å². The Morgan fingerprint density at radius 2 is 1.57 bits per heavy atom. The summed E-state index contributed by atoms with van der Waals surface area (Å²) < 4.78 is 26.3. The molecule has 0 unspecified atom stereocenters. The van der Waals surface area contributed by atoms with Gasteiger partial charge in [0.05, 0.1) is 11.4 Å². The highest BCUT2D eigenvalue weighted by atomic mass is 32.2. The van der Waals surface area contributed by atoms with Crippen molar-refractivity contribution in [1.29, 1.82) is 0 Å². The normalized spacial score (nSPS) is 11.6. The fourth-order valence-corrected chi connectivity index (χ4v) is 4.24. The minimum atomic E-state index is -3.85. The summed E-state index contributed by atoms with van der Waals surface area (Å²) in [7, 11) is -2.50. The van der Waals surface area contributed by atoms with Crippen LogP contribution in [0.5, 0.6) is 0 Å². The van der Waals surface area contributed by atoms with E-state index in [0.29, 0.717) is 17.3 Å². The number of rotatable bonds is 9. The van der Waals surface area contributed by atoms with Crippen molar-refractivity contribution in [2.45, 2.75) is 38.6 Å².